The van der Waals surface area contributed by atoms with Gasteiger partial charge < -0.3 is 9.26 Å². The molecule has 2 heterocycles. The second-order valence-electron chi connectivity index (χ2n) is 3.32. The molecule has 0 aliphatic carbocycles. The van der Waals surface area contributed by atoms with Crippen LogP contribution < -0.4 is 4.74 Å². The fourth-order valence-corrected chi connectivity index (χ4v) is 1.60. The number of carbonyl (C=O) groups excluding carboxylic acids is 1. The van der Waals surface area contributed by atoms with E-state index in [9.17, 15) is 9.36 Å². The van der Waals surface area contributed by atoms with Crippen LogP contribution in [0.5, 0.6) is 5.88 Å². The summed E-state index contributed by atoms with van der Waals surface area (Å²) in [6, 6.07) is 0. The average Bonchev–Trinajstić information content (AvgIpc) is 2.70. The summed E-state index contributed by atoms with van der Waals surface area (Å²) in [6.45, 7) is 1.86. The Morgan fingerprint density at radius 1 is 1.47 bits per heavy atom. The molecule has 2 aromatic rings. The molecule has 0 amide bonds. The van der Waals surface area contributed by atoms with Gasteiger partial charge in [-0.15, -0.1) is 0 Å². The molecule has 0 saturated heterocycles. The highest BCUT2D eigenvalue weighted by atomic mass is 31.2. The minimum Gasteiger partial charge on any atom is -0.373 e. The summed E-state index contributed by atoms with van der Waals surface area (Å²) in [5.41, 5.74) is 0.280. The minimum absolute atomic E-state index is 0.208. The lowest BCUT2D eigenvalue weighted by molar-refractivity contribution is 0.131. The summed E-state index contributed by atoms with van der Waals surface area (Å²) in [6.07, 6.45) is 1.53. The fourth-order valence-electron chi connectivity index (χ4n) is 1.37. The molecule has 11 heteroatoms. The maximum atomic E-state index is 11.1. The summed E-state index contributed by atoms with van der Waals surface area (Å²) in [5.74, 6) is 0.409. The van der Waals surface area contributed by atoms with Crippen LogP contribution in [0.4, 0.5) is 4.79 Å². The van der Waals surface area contributed by atoms with Crippen LogP contribution in [0.1, 0.15) is 12.7 Å². The Balaban J connectivity index is 2.28. The maximum absolute atomic E-state index is 11.1. The quantitative estimate of drug-likeness (QED) is 0.603. The van der Waals surface area contributed by atoms with Gasteiger partial charge in [0, 0.05) is 6.42 Å². The van der Waals surface area contributed by atoms with Gasteiger partial charge in [-0.2, -0.15) is 10.1 Å². The van der Waals surface area contributed by atoms with E-state index in [1.165, 1.54) is 10.7 Å². The lowest BCUT2D eigenvalue weighted by Gasteiger charge is -2.06. The number of nitrogens with zero attached hydrogens (tertiary/aromatic N) is 4. The predicted octanol–water partition coefficient (Wildman–Crippen LogP) is 0.295. The molecule has 19 heavy (non-hydrogen) atoms. The maximum Gasteiger partial charge on any atom is 0.529 e. The molecule has 0 atom stereocenters. The number of hydrogen-bond acceptors (Lipinski definition) is 7. The summed E-state index contributed by atoms with van der Waals surface area (Å²) >= 11 is 0. The Morgan fingerprint density at radius 3 is 2.84 bits per heavy atom. The second kappa shape index (κ2) is 4.92. The van der Waals surface area contributed by atoms with Crippen molar-refractivity contribution in [1.82, 2.24) is 19.6 Å². The number of phosphoric ester groups is 1. The van der Waals surface area contributed by atoms with Gasteiger partial charge in [0.05, 0.1) is 6.20 Å². The number of hydrogen-bond donors (Lipinski definition) is 2. The lowest BCUT2D eigenvalue weighted by Crippen LogP contribution is -2.11. The van der Waals surface area contributed by atoms with Gasteiger partial charge in [-0.05, 0) is 0 Å². The smallest absolute Gasteiger partial charge is 0.373 e. The van der Waals surface area contributed by atoms with Crippen LogP contribution >= 0.6 is 7.82 Å². The first-order valence-corrected chi connectivity index (χ1v) is 6.58. The fraction of sp³-hybridized carbons (Fsp3) is 0.250. The summed E-state index contributed by atoms with van der Waals surface area (Å²) in [7, 11) is -4.96. The topological polar surface area (TPSA) is 136 Å². The van der Waals surface area contributed by atoms with E-state index in [1.54, 1.807) is 0 Å². The van der Waals surface area contributed by atoms with Gasteiger partial charge in [-0.25, -0.2) is 18.9 Å². The highest BCUT2D eigenvalue weighted by Crippen LogP contribution is 2.36. The third kappa shape index (κ3) is 3.05. The average molecular weight is 288 g/mol. The molecular formula is C8H9N4O6P. The van der Waals surface area contributed by atoms with Crippen molar-refractivity contribution in [2.75, 3.05) is 0 Å². The molecule has 2 aromatic heterocycles. The van der Waals surface area contributed by atoms with Crippen LogP contribution in [0.2, 0.25) is 0 Å². The van der Waals surface area contributed by atoms with E-state index >= 15 is 0 Å². The predicted molar refractivity (Wildman–Crippen MR) is 59.3 cm³/mol. The van der Waals surface area contributed by atoms with E-state index in [2.05, 4.69) is 24.3 Å². The van der Waals surface area contributed by atoms with Gasteiger partial charge in [0.25, 0.3) is 5.88 Å². The largest absolute Gasteiger partial charge is 0.529 e. The molecule has 0 unspecified atom stereocenters. The zero-order valence-electron chi connectivity index (χ0n) is 9.63. The van der Waals surface area contributed by atoms with E-state index in [0.29, 0.717) is 12.2 Å². The number of fused-ring (bicyclic) bond motifs is 1. The second-order valence-corrected chi connectivity index (χ2v) is 4.49. The molecule has 0 radical (unpaired) electrons. The molecule has 10 nitrogen and oxygen atoms in total. The first-order valence-electron chi connectivity index (χ1n) is 5.05. The van der Waals surface area contributed by atoms with Gasteiger partial charge in [0.1, 0.15) is 17.7 Å². The number of rotatable bonds is 3. The van der Waals surface area contributed by atoms with E-state index in [-0.39, 0.29) is 11.4 Å². The first-order chi connectivity index (χ1) is 8.90. The zero-order chi connectivity index (χ0) is 14.0. The van der Waals surface area contributed by atoms with Crippen molar-refractivity contribution in [1.29, 1.82) is 0 Å². The van der Waals surface area contributed by atoms with Gasteiger partial charge in [0.15, 0.2) is 0 Å². The van der Waals surface area contributed by atoms with Crippen molar-refractivity contribution in [2.45, 2.75) is 13.3 Å². The van der Waals surface area contributed by atoms with Crippen LogP contribution in [-0.4, -0.2) is 35.5 Å². The van der Waals surface area contributed by atoms with Crippen LogP contribution in [0.15, 0.2) is 12.5 Å². The Labute approximate surface area is 106 Å². The minimum atomic E-state index is -4.96. The molecule has 0 fully saturated rings. The first kappa shape index (κ1) is 13.4. The molecule has 0 bridgehead atoms. The van der Waals surface area contributed by atoms with Crippen molar-refractivity contribution >= 4 is 19.5 Å². The van der Waals surface area contributed by atoms with Crippen LogP contribution in [0, 0.1) is 0 Å². The third-order valence-corrected chi connectivity index (χ3v) is 2.45. The molecule has 0 aliphatic heterocycles. The highest BCUT2D eigenvalue weighted by Gasteiger charge is 2.23. The molecule has 0 aliphatic rings. The zero-order valence-corrected chi connectivity index (χ0v) is 10.5. The van der Waals surface area contributed by atoms with E-state index in [0.717, 1.165) is 6.33 Å². The Kier molecular flexibility index (Phi) is 3.47. The Bertz CT molecular complexity index is 664. The van der Waals surface area contributed by atoms with E-state index in [1.807, 2.05) is 6.92 Å². The molecule has 102 valence electrons. The van der Waals surface area contributed by atoms with E-state index in [4.69, 9.17) is 9.79 Å². The standard InChI is InChI=1S/C8H9N4O6P/c1-2-6-9-3-5-7(10-4-11-12(5)6)17-8(13)18-19(14,15)16/h3-4H,2H2,1H3,(H2,14,15,16). The van der Waals surface area contributed by atoms with Crippen molar-refractivity contribution in [3.05, 3.63) is 18.3 Å². The van der Waals surface area contributed by atoms with E-state index < -0.39 is 14.0 Å². The normalized spacial score (nSPS) is 11.5. The molecule has 2 N–H and O–H groups in total. The van der Waals surface area contributed by atoms with Crippen LogP contribution in [-0.2, 0) is 15.5 Å². The summed E-state index contributed by atoms with van der Waals surface area (Å²) in [5, 5.41) is 3.91. The van der Waals surface area contributed by atoms with Crippen molar-refractivity contribution in [3.63, 3.8) is 0 Å². The molecule has 2 rings (SSSR count). The molecule has 0 aromatic carbocycles. The van der Waals surface area contributed by atoms with Crippen molar-refractivity contribution in [2.24, 2.45) is 0 Å². The van der Waals surface area contributed by atoms with Gasteiger partial charge >= 0.3 is 14.0 Å². The number of carbonyl (C=O) groups is 1. The number of phosphoric acid groups is 1. The Morgan fingerprint density at radius 2 is 2.21 bits per heavy atom. The third-order valence-electron chi connectivity index (χ3n) is 2.06. The van der Waals surface area contributed by atoms with Crippen molar-refractivity contribution < 1.29 is 28.4 Å². The van der Waals surface area contributed by atoms with Gasteiger partial charge in [-0.1, -0.05) is 6.92 Å². The number of aryl methyl sites for hydroxylation is 1. The summed E-state index contributed by atoms with van der Waals surface area (Å²) in [4.78, 5) is 35.7. The number of aromatic nitrogens is 4. The highest BCUT2D eigenvalue weighted by molar-refractivity contribution is 7.46. The van der Waals surface area contributed by atoms with Crippen molar-refractivity contribution in [3.8, 4) is 5.88 Å². The molecule has 0 spiro atoms. The van der Waals surface area contributed by atoms with Gasteiger partial charge in [0.2, 0.25) is 0 Å². The lowest BCUT2D eigenvalue weighted by atomic mass is 10.5. The monoisotopic (exact) mass is 288 g/mol. The van der Waals surface area contributed by atoms with Crippen LogP contribution in [0.25, 0.3) is 5.52 Å². The molecule has 0 saturated carbocycles. The number of ether oxygens (including phenoxy) is 1. The molecular weight excluding hydrogens is 279 g/mol. The SMILES string of the molecule is CCc1ncc2c(OC(=O)OP(=O)(O)O)ncnn12. The Hall–Kier alpha value is -2.03. The number of imidazole rings is 1. The summed E-state index contributed by atoms with van der Waals surface area (Å²) < 4.78 is 20.2. The van der Waals surface area contributed by atoms with Gasteiger partial charge in [-0.3, -0.25) is 9.79 Å². The van der Waals surface area contributed by atoms with Crippen LogP contribution in [0.3, 0.4) is 0 Å².